The van der Waals surface area contributed by atoms with E-state index in [4.69, 9.17) is 4.74 Å². The van der Waals surface area contributed by atoms with Crippen molar-refractivity contribution >= 4 is 23.4 Å². The molecule has 7 nitrogen and oxygen atoms in total. The van der Waals surface area contributed by atoms with Crippen molar-refractivity contribution in [1.29, 1.82) is 0 Å². The van der Waals surface area contributed by atoms with Crippen LogP contribution in [0.4, 0.5) is 10.1 Å². The van der Waals surface area contributed by atoms with E-state index in [1.807, 2.05) is 43.3 Å². The van der Waals surface area contributed by atoms with Gasteiger partial charge in [0.05, 0.1) is 17.9 Å². The maximum absolute atomic E-state index is 14.0. The summed E-state index contributed by atoms with van der Waals surface area (Å²) in [4.78, 5) is 43.0. The fourth-order valence-corrected chi connectivity index (χ4v) is 6.61. The average molecular weight is 518 g/mol. The van der Waals surface area contributed by atoms with Crippen LogP contribution in [0.3, 0.4) is 0 Å². The van der Waals surface area contributed by atoms with Crippen LogP contribution in [-0.2, 0) is 25.7 Å². The highest BCUT2D eigenvalue weighted by Crippen LogP contribution is 2.55. The third-order valence-corrected chi connectivity index (χ3v) is 8.46. The summed E-state index contributed by atoms with van der Waals surface area (Å²) in [5.41, 5.74) is 1.19. The number of ether oxygens (including phenoxy) is 1. The van der Waals surface area contributed by atoms with Crippen LogP contribution in [0.15, 0.2) is 60.7 Å². The first-order chi connectivity index (χ1) is 18.4. The Bertz CT molecular complexity index is 1270. The average Bonchev–Trinajstić information content (AvgIpc) is 3.55. The summed E-state index contributed by atoms with van der Waals surface area (Å²) in [6.45, 7) is 2.09. The Morgan fingerprint density at radius 1 is 1.03 bits per heavy atom. The first-order valence-corrected chi connectivity index (χ1v) is 13.5. The molecule has 0 radical (unpaired) electrons. The number of halogens is 1. The monoisotopic (exact) mass is 517 g/mol. The number of nitrogens with zero attached hydrogens (tertiary/aromatic N) is 1. The number of hydrogen-bond donors (Lipinski definition) is 2. The van der Waals surface area contributed by atoms with Crippen LogP contribution in [-0.4, -0.2) is 46.4 Å². The number of amides is 3. The lowest BCUT2D eigenvalue weighted by Gasteiger charge is -2.34. The number of carbonyl (C=O) groups is 3. The molecule has 2 aromatic rings. The minimum atomic E-state index is -1.23. The van der Waals surface area contributed by atoms with Crippen molar-refractivity contribution in [3.05, 3.63) is 77.6 Å². The quantitative estimate of drug-likeness (QED) is 0.570. The molecule has 2 bridgehead atoms. The molecule has 4 aliphatic rings. The zero-order valence-corrected chi connectivity index (χ0v) is 21.4. The Kier molecular flexibility index (Phi) is 6.30. The van der Waals surface area contributed by atoms with Crippen molar-refractivity contribution in [3.8, 4) is 0 Å². The molecule has 2 aromatic carbocycles. The van der Waals surface area contributed by atoms with Gasteiger partial charge in [-0.05, 0) is 49.6 Å². The van der Waals surface area contributed by atoms with Crippen LogP contribution in [0.25, 0.3) is 0 Å². The van der Waals surface area contributed by atoms with Crippen LogP contribution in [0.2, 0.25) is 0 Å². The van der Waals surface area contributed by atoms with E-state index < -0.39 is 29.6 Å². The van der Waals surface area contributed by atoms with Crippen LogP contribution in [0.5, 0.6) is 0 Å². The van der Waals surface area contributed by atoms with E-state index in [2.05, 4.69) is 10.6 Å². The second-order valence-corrected chi connectivity index (χ2v) is 11.0. The minimum Gasteiger partial charge on any atom is -0.359 e. The van der Waals surface area contributed by atoms with Gasteiger partial charge in [0.25, 0.3) is 0 Å². The van der Waals surface area contributed by atoms with E-state index >= 15 is 0 Å². The molecule has 2 N–H and O–H groups in total. The number of aryl methyl sites for hydroxylation is 1. The molecule has 2 saturated heterocycles. The minimum absolute atomic E-state index is 0.0534. The Hall–Kier alpha value is -3.52. The fourth-order valence-electron chi connectivity index (χ4n) is 6.61. The molecule has 3 fully saturated rings. The van der Waals surface area contributed by atoms with Gasteiger partial charge in [-0.15, -0.1) is 0 Å². The molecule has 1 saturated carbocycles. The van der Waals surface area contributed by atoms with Gasteiger partial charge in [-0.2, -0.15) is 0 Å². The van der Waals surface area contributed by atoms with Gasteiger partial charge in [0.15, 0.2) is 0 Å². The Morgan fingerprint density at radius 2 is 1.74 bits per heavy atom. The highest BCUT2D eigenvalue weighted by Gasteiger charge is 2.72. The normalized spacial score (nSPS) is 29.9. The number of fused-ring (bicyclic) bond motifs is 1. The SMILES string of the molecule is Cc1ccc(NC(=O)[C@@H]2[C@H]3C=C[C@@]4(O3)[C@H]2C(=O)N(Cc2ccc(F)cc2)[C@@H]4C(=O)NC2CCCCC2)cc1. The van der Waals surface area contributed by atoms with Crippen LogP contribution < -0.4 is 10.6 Å². The summed E-state index contributed by atoms with van der Waals surface area (Å²) in [6, 6.07) is 12.5. The standard InChI is InChI=1S/C30H32FN3O4/c1-18-7-13-22(14-8-18)32-27(35)24-23-15-16-30(38-23)25(24)29(37)34(17-19-9-11-20(31)12-10-19)26(30)28(36)33-21-5-3-2-4-6-21/h7-16,21,23-26H,2-6,17H2,1H3,(H,32,35)(H,33,36)/t23-,24-,25-,26-,30-/m1/s1. The van der Waals surface area contributed by atoms with Gasteiger partial charge in [-0.1, -0.05) is 61.2 Å². The molecular formula is C30H32FN3O4. The third kappa shape index (κ3) is 4.21. The highest BCUT2D eigenvalue weighted by atomic mass is 19.1. The number of nitrogens with one attached hydrogen (secondary N) is 2. The van der Waals surface area contributed by atoms with Crippen LogP contribution >= 0.6 is 0 Å². The lowest BCUT2D eigenvalue weighted by Crippen LogP contribution is -2.56. The van der Waals surface area contributed by atoms with Gasteiger partial charge < -0.3 is 20.3 Å². The maximum Gasteiger partial charge on any atom is 0.246 e. The van der Waals surface area contributed by atoms with Crippen molar-refractivity contribution in [2.24, 2.45) is 11.8 Å². The number of benzene rings is 2. The smallest absolute Gasteiger partial charge is 0.246 e. The Balaban J connectivity index is 1.32. The second kappa shape index (κ2) is 9.66. The lowest BCUT2D eigenvalue weighted by molar-refractivity contribution is -0.142. The number of anilines is 1. The van der Waals surface area contributed by atoms with Crippen LogP contribution in [0.1, 0.15) is 43.2 Å². The zero-order valence-electron chi connectivity index (χ0n) is 21.4. The molecule has 1 aliphatic carbocycles. The largest absolute Gasteiger partial charge is 0.359 e. The van der Waals surface area contributed by atoms with E-state index in [0.717, 1.165) is 37.7 Å². The number of hydrogen-bond acceptors (Lipinski definition) is 4. The predicted octanol–water partition coefficient (Wildman–Crippen LogP) is 3.87. The topological polar surface area (TPSA) is 87.7 Å². The number of rotatable bonds is 6. The second-order valence-electron chi connectivity index (χ2n) is 11.0. The molecule has 38 heavy (non-hydrogen) atoms. The van der Waals surface area contributed by atoms with E-state index in [0.29, 0.717) is 11.3 Å². The van der Waals surface area contributed by atoms with Gasteiger partial charge in [0.2, 0.25) is 17.7 Å². The Labute approximate surface area is 221 Å². The number of carbonyl (C=O) groups excluding carboxylic acids is 3. The maximum atomic E-state index is 14.0. The molecule has 5 atom stereocenters. The Morgan fingerprint density at radius 3 is 2.45 bits per heavy atom. The first-order valence-electron chi connectivity index (χ1n) is 13.5. The van der Waals surface area contributed by atoms with Gasteiger partial charge in [-0.3, -0.25) is 14.4 Å². The summed E-state index contributed by atoms with van der Waals surface area (Å²) >= 11 is 0. The molecule has 0 unspecified atom stereocenters. The van der Waals surface area contributed by atoms with Crippen molar-refractivity contribution in [2.75, 3.05) is 5.32 Å². The van der Waals surface area contributed by atoms with Gasteiger partial charge in [0, 0.05) is 18.3 Å². The summed E-state index contributed by atoms with van der Waals surface area (Å²) in [6.07, 6.45) is 8.11. The zero-order chi connectivity index (χ0) is 26.4. The van der Waals surface area contributed by atoms with Gasteiger partial charge in [-0.25, -0.2) is 4.39 Å². The molecule has 6 rings (SSSR count). The molecule has 8 heteroatoms. The van der Waals surface area contributed by atoms with Gasteiger partial charge >= 0.3 is 0 Å². The highest BCUT2D eigenvalue weighted by molar-refractivity contribution is 6.02. The molecule has 3 heterocycles. The number of likely N-dealkylation sites (tertiary alicyclic amines) is 1. The van der Waals surface area contributed by atoms with E-state index in [9.17, 15) is 18.8 Å². The first kappa shape index (κ1) is 24.8. The molecule has 3 aliphatic heterocycles. The van der Waals surface area contributed by atoms with Gasteiger partial charge in [0.1, 0.15) is 17.5 Å². The lowest BCUT2D eigenvalue weighted by atomic mass is 9.74. The van der Waals surface area contributed by atoms with E-state index in [1.54, 1.807) is 12.1 Å². The molecular weight excluding hydrogens is 485 g/mol. The summed E-state index contributed by atoms with van der Waals surface area (Å²) in [5, 5.41) is 6.12. The molecule has 3 amide bonds. The summed E-state index contributed by atoms with van der Waals surface area (Å²) < 4.78 is 20.0. The fraction of sp³-hybridized carbons (Fsp3) is 0.433. The molecule has 1 spiro atoms. The summed E-state index contributed by atoms with van der Waals surface area (Å²) in [5.74, 6) is -2.84. The van der Waals surface area contributed by atoms with Crippen molar-refractivity contribution in [1.82, 2.24) is 10.2 Å². The van der Waals surface area contributed by atoms with E-state index in [-0.39, 0.29) is 36.1 Å². The predicted molar refractivity (Wildman–Crippen MR) is 139 cm³/mol. The van der Waals surface area contributed by atoms with Crippen molar-refractivity contribution in [2.45, 2.75) is 69.4 Å². The molecule has 198 valence electrons. The van der Waals surface area contributed by atoms with Crippen molar-refractivity contribution < 1.29 is 23.5 Å². The van der Waals surface area contributed by atoms with E-state index in [1.165, 1.54) is 17.0 Å². The third-order valence-electron chi connectivity index (χ3n) is 8.46. The summed E-state index contributed by atoms with van der Waals surface area (Å²) in [7, 11) is 0. The van der Waals surface area contributed by atoms with Crippen LogP contribution in [0, 0.1) is 24.6 Å². The van der Waals surface area contributed by atoms with Crippen molar-refractivity contribution in [3.63, 3.8) is 0 Å². The molecule has 0 aromatic heterocycles.